The Hall–Kier alpha value is -0.160. The van der Waals surface area contributed by atoms with Crippen LogP contribution in [0.4, 0.5) is 0 Å². The summed E-state index contributed by atoms with van der Waals surface area (Å²) in [6, 6.07) is 0. The molecule has 0 bridgehead atoms. The largest absolute Gasteiger partial charge is 0.390 e. The van der Waals surface area contributed by atoms with Crippen LogP contribution in [-0.2, 0) is 14.2 Å². The van der Waals surface area contributed by atoms with Crippen molar-refractivity contribution in [3.05, 3.63) is 0 Å². The quantitative estimate of drug-likeness (QED) is 0.664. The van der Waals surface area contributed by atoms with E-state index in [1.807, 2.05) is 6.92 Å². The van der Waals surface area contributed by atoms with Crippen LogP contribution in [0.1, 0.15) is 13.3 Å². The zero-order chi connectivity index (χ0) is 9.14. The third-order valence-corrected chi connectivity index (χ3v) is 2.22. The zero-order valence-electron chi connectivity index (χ0n) is 7.69. The molecule has 1 rings (SSSR count). The lowest BCUT2D eigenvalue weighted by atomic mass is 10.1. The summed E-state index contributed by atoms with van der Waals surface area (Å²) in [5.74, 6) is 0. The van der Waals surface area contributed by atoms with Crippen molar-refractivity contribution in [2.75, 3.05) is 14.2 Å². The maximum atomic E-state index is 9.51. The molecule has 4 atom stereocenters. The van der Waals surface area contributed by atoms with E-state index in [0.29, 0.717) is 6.42 Å². The molecule has 0 radical (unpaired) electrons. The first-order chi connectivity index (χ1) is 5.69. The molecule has 0 aromatic heterocycles. The van der Waals surface area contributed by atoms with Gasteiger partial charge in [-0.15, -0.1) is 0 Å². The second-order valence-electron chi connectivity index (χ2n) is 3.01. The SMILES string of the molecule is CO[C@H]1C[C@H](O)[C@H]([C@@H](C)OC)O1. The Morgan fingerprint density at radius 1 is 1.50 bits per heavy atom. The van der Waals surface area contributed by atoms with Gasteiger partial charge < -0.3 is 19.3 Å². The first kappa shape index (κ1) is 9.92. The van der Waals surface area contributed by atoms with Gasteiger partial charge in [-0.1, -0.05) is 0 Å². The molecule has 4 nitrogen and oxygen atoms in total. The lowest BCUT2D eigenvalue weighted by Gasteiger charge is -2.20. The highest BCUT2D eigenvalue weighted by atomic mass is 16.7. The van der Waals surface area contributed by atoms with Gasteiger partial charge in [0.1, 0.15) is 6.10 Å². The molecule has 1 saturated heterocycles. The summed E-state index contributed by atoms with van der Waals surface area (Å²) in [6.45, 7) is 1.87. The van der Waals surface area contributed by atoms with Crippen molar-refractivity contribution in [2.45, 2.75) is 37.9 Å². The van der Waals surface area contributed by atoms with Crippen LogP contribution in [0.2, 0.25) is 0 Å². The van der Waals surface area contributed by atoms with Crippen LogP contribution in [-0.4, -0.2) is 43.9 Å². The van der Waals surface area contributed by atoms with Gasteiger partial charge in [-0.25, -0.2) is 0 Å². The average Bonchev–Trinajstić information content (AvgIpc) is 2.45. The minimum atomic E-state index is -0.482. The molecule has 0 aromatic carbocycles. The van der Waals surface area contributed by atoms with Crippen molar-refractivity contribution in [1.82, 2.24) is 0 Å². The molecule has 1 heterocycles. The number of aliphatic hydroxyl groups is 1. The van der Waals surface area contributed by atoms with Gasteiger partial charge in [0.15, 0.2) is 6.29 Å². The van der Waals surface area contributed by atoms with E-state index in [9.17, 15) is 5.11 Å². The van der Waals surface area contributed by atoms with E-state index in [4.69, 9.17) is 14.2 Å². The van der Waals surface area contributed by atoms with Gasteiger partial charge >= 0.3 is 0 Å². The Bertz CT molecular complexity index is 139. The average molecular weight is 176 g/mol. The number of hydrogen-bond acceptors (Lipinski definition) is 4. The Kier molecular flexibility index (Phi) is 3.46. The molecule has 1 aliphatic rings. The summed E-state index contributed by atoms with van der Waals surface area (Å²) in [5.41, 5.74) is 0. The van der Waals surface area contributed by atoms with Crippen LogP contribution in [0.15, 0.2) is 0 Å². The second kappa shape index (κ2) is 4.18. The molecular weight excluding hydrogens is 160 g/mol. The Morgan fingerprint density at radius 2 is 2.17 bits per heavy atom. The molecule has 4 heteroatoms. The maximum absolute atomic E-state index is 9.51. The van der Waals surface area contributed by atoms with Crippen LogP contribution in [0, 0.1) is 0 Å². The summed E-state index contributed by atoms with van der Waals surface area (Å²) >= 11 is 0. The van der Waals surface area contributed by atoms with Gasteiger partial charge in [0.2, 0.25) is 0 Å². The molecule has 0 unspecified atom stereocenters. The molecule has 12 heavy (non-hydrogen) atoms. The highest BCUT2D eigenvalue weighted by Gasteiger charge is 2.37. The molecule has 0 aromatic rings. The summed E-state index contributed by atoms with van der Waals surface area (Å²) < 4.78 is 15.4. The summed E-state index contributed by atoms with van der Waals surface area (Å²) in [5, 5.41) is 9.51. The van der Waals surface area contributed by atoms with Crippen molar-refractivity contribution in [1.29, 1.82) is 0 Å². The molecule has 1 aliphatic heterocycles. The van der Waals surface area contributed by atoms with Gasteiger partial charge in [-0.3, -0.25) is 0 Å². The molecule has 0 amide bonds. The first-order valence-electron chi connectivity index (χ1n) is 4.08. The second-order valence-corrected chi connectivity index (χ2v) is 3.01. The smallest absolute Gasteiger partial charge is 0.160 e. The van der Waals surface area contributed by atoms with Crippen molar-refractivity contribution in [3.8, 4) is 0 Å². The first-order valence-corrected chi connectivity index (χ1v) is 4.08. The van der Waals surface area contributed by atoms with E-state index in [1.54, 1.807) is 14.2 Å². The van der Waals surface area contributed by atoms with Gasteiger partial charge in [0.05, 0.1) is 12.2 Å². The van der Waals surface area contributed by atoms with Crippen molar-refractivity contribution in [3.63, 3.8) is 0 Å². The van der Waals surface area contributed by atoms with Crippen LogP contribution in [0.3, 0.4) is 0 Å². The fraction of sp³-hybridized carbons (Fsp3) is 1.00. The molecule has 1 fully saturated rings. The van der Waals surface area contributed by atoms with Crippen molar-refractivity contribution >= 4 is 0 Å². The number of methoxy groups -OCH3 is 2. The van der Waals surface area contributed by atoms with E-state index >= 15 is 0 Å². The third kappa shape index (κ3) is 1.95. The lowest BCUT2D eigenvalue weighted by Crippen LogP contribution is -2.33. The van der Waals surface area contributed by atoms with E-state index < -0.39 is 6.10 Å². The van der Waals surface area contributed by atoms with Crippen LogP contribution in [0.5, 0.6) is 0 Å². The number of rotatable bonds is 3. The van der Waals surface area contributed by atoms with Gasteiger partial charge in [-0.2, -0.15) is 0 Å². The Balaban J connectivity index is 2.45. The highest BCUT2D eigenvalue weighted by molar-refractivity contribution is 4.82. The van der Waals surface area contributed by atoms with E-state index in [-0.39, 0.29) is 18.5 Å². The monoisotopic (exact) mass is 176 g/mol. The minimum absolute atomic E-state index is 0.0971. The summed E-state index contributed by atoms with van der Waals surface area (Å²) in [4.78, 5) is 0. The predicted octanol–water partition coefficient (Wildman–Crippen LogP) is 0.144. The standard InChI is InChI=1S/C8H16O4/c1-5(10-2)8-6(9)4-7(11-3)12-8/h5-9H,4H2,1-3H3/t5-,6+,7-,8+/m1/s1. The molecule has 72 valence electrons. The maximum Gasteiger partial charge on any atom is 0.160 e. The fourth-order valence-electron chi connectivity index (χ4n) is 1.36. The predicted molar refractivity (Wildman–Crippen MR) is 42.8 cm³/mol. The summed E-state index contributed by atoms with van der Waals surface area (Å²) in [6.07, 6.45) is -0.609. The topological polar surface area (TPSA) is 47.9 Å². The Morgan fingerprint density at radius 3 is 2.58 bits per heavy atom. The minimum Gasteiger partial charge on any atom is -0.390 e. The van der Waals surface area contributed by atoms with Crippen LogP contribution < -0.4 is 0 Å². The van der Waals surface area contributed by atoms with Crippen LogP contribution >= 0.6 is 0 Å². The summed E-state index contributed by atoms with van der Waals surface area (Å²) in [7, 11) is 3.16. The van der Waals surface area contributed by atoms with E-state index in [1.165, 1.54) is 0 Å². The van der Waals surface area contributed by atoms with Gasteiger partial charge in [0.25, 0.3) is 0 Å². The van der Waals surface area contributed by atoms with Crippen molar-refractivity contribution in [2.24, 2.45) is 0 Å². The van der Waals surface area contributed by atoms with E-state index in [0.717, 1.165) is 0 Å². The normalized spacial score (nSPS) is 38.5. The van der Waals surface area contributed by atoms with Crippen LogP contribution in [0.25, 0.3) is 0 Å². The van der Waals surface area contributed by atoms with Crippen molar-refractivity contribution < 1.29 is 19.3 Å². The molecule has 0 aliphatic carbocycles. The molecule has 0 spiro atoms. The lowest BCUT2D eigenvalue weighted by molar-refractivity contribution is -0.147. The molecule has 1 N–H and O–H groups in total. The molecular formula is C8H16O4. The molecule has 0 saturated carbocycles. The van der Waals surface area contributed by atoms with Gasteiger partial charge in [-0.05, 0) is 6.92 Å². The number of hydrogen-bond donors (Lipinski definition) is 1. The highest BCUT2D eigenvalue weighted by Crippen LogP contribution is 2.24. The number of aliphatic hydroxyl groups excluding tert-OH is 1. The fourth-order valence-corrected chi connectivity index (χ4v) is 1.36. The zero-order valence-corrected chi connectivity index (χ0v) is 7.69. The third-order valence-electron chi connectivity index (χ3n) is 2.22. The number of ether oxygens (including phenoxy) is 3. The van der Waals surface area contributed by atoms with E-state index in [2.05, 4.69) is 0 Å². The Labute approximate surface area is 72.4 Å². The van der Waals surface area contributed by atoms with Gasteiger partial charge in [0, 0.05) is 20.6 Å².